The number of nitrogens with one attached hydrogen (secondary N) is 2. The number of amides is 1. The second kappa shape index (κ2) is 8.70. The van der Waals surface area contributed by atoms with E-state index in [1.807, 2.05) is 42.5 Å². The van der Waals surface area contributed by atoms with Gasteiger partial charge < -0.3 is 15.0 Å². The van der Waals surface area contributed by atoms with Crippen molar-refractivity contribution in [2.24, 2.45) is 0 Å². The van der Waals surface area contributed by atoms with Crippen LogP contribution < -0.4 is 15.0 Å². The van der Waals surface area contributed by atoms with Crippen LogP contribution in [0.5, 0.6) is 5.75 Å². The molecule has 5 heteroatoms. The van der Waals surface area contributed by atoms with E-state index in [1.165, 1.54) is 10.5 Å². The molecule has 0 spiro atoms. The highest BCUT2D eigenvalue weighted by Crippen LogP contribution is 2.15. The summed E-state index contributed by atoms with van der Waals surface area (Å²) in [5, 5.41) is 2.95. The van der Waals surface area contributed by atoms with Gasteiger partial charge in [-0.05, 0) is 24.3 Å². The number of halogens is 1. The fourth-order valence-electron chi connectivity index (χ4n) is 2.29. The molecule has 122 valence electrons. The molecule has 0 aliphatic heterocycles. The monoisotopic (exact) mass is 377 g/mol. The van der Waals surface area contributed by atoms with Gasteiger partial charge in [0.05, 0.1) is 20.6 Å². The number of carbonyl (C=O) groups excluding carboxylic acids is 1. The highest BCUT2D eigenvalue weighted by molar-refractivity contribution is 9.10. The summed E-state index contributed by atoms with van der Waals surface area (Å²) < 4.78 is 6.46. The summed E-state index contributed by atoms with van der Waals surface area (Å²) >= 11 is 3.36. The number of hydrogen-bond acceptors (Lipinski definition) is 2. The molecular formula is C18H22BrN2O2+. The standard InChI is InChI=1S/C18H21BrN2O2/c1-21(2)17(14-6-4-3-5-7-14)12-20-18(22)13-23-16-10-8-15(19)9-11-16/h3-11,17H,12-13H2,1-2H3,(H,20,22)/p+1/t17-/m1/s1. The summed E-state index contributed by atoms with van der Waals surface area (Å²) in [6.45, 7) is 0.598. The third-order valence-corrected chi connectivity index (χ3v) is 4.11. The number of likely N-dealkylation sites (N-methyl/N-ethyl adjacent to an activating group) is 1. The lowest BCUT2D eigenvalue weighted by atomic mass is 10.1. The van der Waals surface area contributed by atoms with Crippen molar-refractivity contribution in [1.29, 1.82) is 0 Å². The van der Waals surface area contributed by atoms with Crippen LogP contribution >= 0.6 is 15.9 Å². The predicted molar refractivity (Wildman–Crippen MR) is 94.6 cm³/mol. The van der Waals surface area contributed by atoms with Crippen LogP contribution in [0.2, 0.25) is 0 Å². The lowest BCUT2D eigenvalue weighted by Gasteiger charge is -2.22. The van der Waals surface area contributed by atoms with Gasteiger partial charge in [0.25, 0.3) is 5.91 Å². The molecule has 4 nitrogen and oxygen atoms in total. The lowest BCUT2D eigenvalue weighted by Crippen LogP contribution is -3.07. The fourth-order valence-corrected chi connectivity index (χ4v) is 2.55. The minimum Gasteiger partial charge on any atom is -0.484 e. The zero-order chi connectivity index (χ0) is 16.7. The molecule has 2 N–H and O–H groups in total. The van der Waals surface area contributed by atoms with Gasteiger partial charge in [0.2, 0.25) is 0 Å². The van der Waals surface area contributed by atoms with E-state index in [4.69, 9.17) is 4.74 Å². The normalized spacial score (nSPS) is 12.0. The quantitative estimate of drug-likeness (QED) is 0.772. The largest absolute Gasteiger partial charge is 0.484 e. The Bertz CT molecular complexity index is 615. The van der Waals surface area contributed by atoms with Gasteiger partial charge >= 0.3 is 0 Å². The van der Waals surface area contributed by atoms with Crippen molar-refractivity contribution in [2.75, 3.05) is 27.2 Å². The molecular weight excluding hydrogens is 356 g/mol. The molecule has 1 amide bonds. The summed E-state index contributed by atoms with van der Waals surface area (Å²) in [6, 6.07) is 17.8. The molecule has 0 radical (unpaired) electrons. The van der Waals surface area contributed by atoms with E-state index in [2.05, 4.69) is 47.5 Å². The van der Waals surface area contributed by atoms with Crippen molar-refractivity contribution in [3.05, 3.63) is 64.6 Å². The second-order valence-electron chi connectivity index (χ2n) is 5.59. The number of ether oxygens (including phenoxy) is 1. The second-order valence-corrected chi connectivity index (χ2v) is 6.50. The maximum atomic E-state index is 12.0. The Labute approximate surface area is 145 Å². The summed E-state index contributed by atoms with van der Waals surface area (Å²) in [5.41, 5.74) is 1.21. The van der Waals surface area contributed by atoms with Crippen LogP contribution in [-0.2, 0) is 4.79 Å². The maximum Gasteiger partial charge on any atom is 0.258 e. The van der Waals surface area contributed by atoms with Crippen LogP contribution in [0, 0.1) is 0 Å². The Morgan fingerprint density at radius 2 is 1.78 bits per heavy atom. The molecule has 2 rings (SSSR count). The first kappa shape index (κ1) is 17.5. The molecule has 0 aliphatic carbocycles. The number of benzene rings is 2. The van der Waals surface area contributed by atoms with Gasteiger partial charge in [0.15, 0.2) is 6.61 Å². The van der Waals surface area contributed by atoms with Crippen molar-refractivity contribution >= 4 is 21.8 Å². The Hall–Kier alpha value is -1.85. The number of rotatable bonds is 7. The summed E-state index contributed by atoms with van der Waals surface area (Å²) in [4.78, 5) is 13.3. The fraction of sp³-hybridized carbons (Fsp3) is 0.278. The van der Waals surface area contributed by atoms with Crippen molar-refractivity contribution in [3.8, 4) is 5.75 Å². The van der Waals surface area contributed by atoms with Crippen molar-refractivity contribution in [3.63, 3.8) is 0 Å². The maximum absolute atomic E-state index is 12.0. The van der Waals surface area contributed by atoms with E-state index in [0.29, 0.717) is 12.3 Å². The third-order valence-electron chi connectivity index (χ3n) is 3.59. The van der Waals surface area contributed by atoms with Gasteiger partial charge in [-0.15, -0.1) is 0 Å². The van der Waals surface area contributed by atoms with Crippen molar-refractivity contribution in [2.45, 2.75) is 6.04 Å². The molecule has 2 aromatic carbocycles. The lowest BCUT2D eigenvalue weighted by molar-refractivity contribution is -0.890. The van der Waals surface area contributed by atoms with E-state index in [-0.39, 0.29) is 18.6 Å². The molecule has 0 bridgehead atoms. The van der Waals surface area contributed by atoms with E-state index < -0.39 is 0 Å². The summed E-state index contributed by atoms with van der Waals surface area (Å²) in [6.07, 6.45) is 0. The SMILES string of the molecule is C[NH+](C)[C@H](CNC(=O)COc1ccc(Br)cc1)c1ccccc1. The Morgan fingerprint density at radius 1 is 1.13 bits per heavy atom. The molecule has 23 heavy (non-hydrogen) atoms. The first-order valence-electron chi connectivity index (χ1n) is 7.56. The van der Waals surface area contributed by atoms with E-state index >= 15 is 0 Å². The molecule has 0 unspecified atom stereocenters. The predicted octanol–water partition coefficient (Wildman–Crippen LogP) is 1.83. The topological polar surface area (TPSA) is 42.8 Å². The van der Waals surface area contributed by atoms with Gasteiger partial charge in [-0.25, -0.2) is 0 Å². The molecule has 0 aromatic heterocycles. The highest BCUT2D eigenvalue weighted by atomic mass is 79.9. The van der Waals surface area contributed by atoms with E-state index in [0.717, 1.165) is 4.47 Å². The molecule has 0 fully saturated rings. The minimum atomic E-state index is -0.116. The van der Waals surface area contributed by atoms with Gasteiger partial charge in [-0.3, -0.25) is 4.79 Å². The van der Waals surface area contributed by atoms with Crippen LogP contribution in [0.1, 0.15) is 11.6 Å². The van der Waals surface area contributed by atoms with Crippen molar-refractivity contribution < 1.29 is 14.4 Å². The first-order chi connectivity index (χ1) is 11.1. The summed E-state index contributed by atoms with van der Waals surface area (Å²) in [7, 11) is 4.17. The Balaban J connectivity index is 1.83. The smallest absolute Gasteiger partial charge is 0.258 e. The van der Waals surface area contributed by atoms with Crippen LogP contribution in [0.4, 0.5) is 0 Å². The Kier molecular flexibility index (Phi) is 6.62. The van der Waals surface area contributed by atoms with Gasteiger partial charge in [-0.1, -0.05) is 46.3 Å². The van der Waals surface area contributed by atoms with Gasteiger partial charge in [-0.2, -0.15) is 0 Å². The van der Waals surface area contributed by atoms with Crippen LogP contribution in [0.25, 0.3) is 0 Å². The summed E-state index contributed by atoms with van der Waals surface area (Å²) in [5.74, 6) is 0.566. The molecule has 2 aromatic rings. The average molecular weight is 378 g/mol. The Morgan fingerprint density at radius 3 is 2.39 bits per heavy atom. The zero-order valence-corrected chi connectivity index (χ0v) is 15.0. The van der Waals surface area contributed by atoms with Gasteiger partial charge in [0.1, 0.15) is 11.8 Å². The number of quaternary nitrogens is 1. The van der Waals surface area contributed by atoms with Crippen molar-refractivity contribution in [1.82, 2.24) is 5.32 Å². The molecule has 0 saturated heterocycles. The van der Waals surface area contributed by atoms with Crippen LogP contribution in [0.3, 0.4) is 0 Å². The number of hydrogen-bond donors (Lipinski definition) is 2. The third kappa shape index (κ3) is 5.69. The molecule has 0 aliphatic rings. The van der Waals surface area contributed by atoms with Gasteiger partial charge in [0, 0.05) is 10.0 Å². The zero-order valence-electron chi connectivity index (χ0n) is 13.4. The van der Waals surface area contributed by atoms with E-state index in [1.54, 1.807) is 0 Å². The van der Waals surface area contributed by atoms with Crippen LogP contribution in [0.15, 0.2) is 59.1 Å². The van der Waals surface area contributed by atoms with E-state index in [9.17, 15) is 4.79 Å². The highest BCUT2D eigenvalue weighted by Gasteiger charge is 2.18. The molecule has 1 atom stereocenters. The minimum absolute atomic E-state index is 0.0197. The molecule has 0 saturated carbocycles. The van der Waals surface area contributed by atoms with Crippen LogP contribution in [-0.4, -0.2) is 33.2 Å². The number of carbonyl (C=O) groups is 1. The molecule has 0 heterocycles. The average Bonchev–Trinajstić information content (AvgIpc) is 2.55. The first-order valence-corrected chi connectivity index (χ1v) is 8.35.